The Morgan fingerprint density at radius 1 is 1.33 bits per heavy atom. The highest BCUT2D eigenvalue weighted by atomic mass is 19.1. The third-order valence-electron chi connectivity index (χ3n) is 4.26. The number of benzene rings is 1. The average Bonchev–Trinajstić information content (AvgIpc) is 2.65. The van der Waals surface area contributed by atoms with Crippen LogP contribution in [0.5, 0.6) is 0 Å². The molecule has 18 heavy (non-hydrogen) atoms. The van der Waals surface area contributed by atoms with E-state index < -0.39 is 0 Å². The molecule has 0 spiro atoms. The van der Waals surface area contributed by atoms with Gasteiger partial charge in [0, 0.05) is 25.7 Å². The first-order chi connectivity index (χ1) is 8.52. The van der Waals surface area contributed by atoms with Crippen LogP contribution in [0.15, 0.2) is 18.2 Å². The predicted octanol–water partition coefficient (Wildman–Crippen LogP) is 2.72. The van der Waals surface area contributed by atoms with Gasteiger partial charge in [-0.15, -0.1) is 0 Å². The highest BCUT2D eigenvalue weighted by Gasteiger charge is 2.31. The van der Waals surface area contributed by atoms with Gasteiger partial charge in [0.2, 0.25) is 0 Å². The highest BCUT2D eigenvalue weighted by molar-refractivity contribution is 5.26. The lowest BCUT2D eigenvalue weighted by atomic mass is 10.0. The molecule has 0 aromatic heterocycles. The molecule has 1 aromatic rings. The molecule has 2 N–H and O–H groups in total. The molecule has 0 radical (unpaired) electrons. The first-order valence-electron chi connectivity index (χ1n) is 6.73. The highest BCUT2D eigenvalue weighted by Crippen LogP contribution is 2.30. The van der Waals surface area contributed by atoms with Crippen molar-refractivity contribution in [3.05, 3.63) is 35.1 Å². The Hall–Kier alpha value is -0.930. The quantitative estimate of drug-likeness (QED) is 0.893. The van der Waals surface area contributed by atoms with Crippen LogP contribution < -0.4 is 5.73 Å². The van der Waals surface area contributed by atoms with Gasteiger partial charge in [-0.2, -0.15) is 0 Å². The summed E-state index contributed by atoms with van der Waals surface area (Å²) in [5.74, 6) is 1.25. The van der Waals surface area contributed by atoms with Gasteiger partial charge in [-0.05, 0) is 36.0 Å². The molecule has 3 heteroatoms. The van der Waals surface area contributed by atoms with E-state index in [-0.39, 0.29) is 11.9 Å². The summed E-state index contributed by atoms with van der Waals surface area (Å²) in [7, 11) is 0. The van der Waals surface area contributed by atoms with Crippen LogP contribution in [0.2, 0.25) is 0 Å². The fourth-order valence-electron chi connectivity index (χ4n) is 2.74. The first kappa shape index (κ1) is 13.5. The number of nitrogens with zero attached hydrogens (tertiary/aromatic N) is 1. The number of nitrogens with two attached hydrogens (primary N) is 1. The summed E-state index contributed by atoms with van der Waals surface area (Å²) in [5.41, 5.74) is 7.59. The predicted molar refractivity (Wildman–Crippen MR) is 72.8 cm³/mol. The average molecular weight is 250 g/mol. The zero-order chi connectivity index (χ0) is 13.3. The second kappa shape index (κ2) is 5.37. The van der Waals surface area contributed by atoms with Gasteiger partial charge in [0.15, 0.2) is 0 Å². The van der Waals surface area contributed by atoms with Gasteiger partial charge in [-0.3, -0.25) is 4.90 Å². The molecule has 2 rings (SSSR count). The number of hydrogen-bond donors (Lipinski definition) is 1. The zero-order valence-corrected chi connectivity index (χ0v) is 11.5. The molecule has 1 aliphatic rings. The molecule has 1 heterocycles. The number of rotatable bonds is 3. The second-order valence-electron chi connectivity index (χ2n) is 5.67. The van der Waals surface area contributed by atoms with E-state index in [1.807, 2.05) is 12.1 Å². The van der Waals surface area contributed by atoms with E-state index in [9.17, 15) is 4.39 Å². The van der Waals surface area contributed by atoms with Crippen LogP contribution in [0.25, 0.3) is 0 Å². The molecule has 0 bridgehead atoms. The summed E-state index contributed by atoms with van der Waals surface area (Å²) in [4.78, 5) is 2.39. The molecule has 0 amide bonds. The van der Waals surface area contributed by atoms with Crippen molar-refractivity contribution in [2.45, 2.75) is 26.8 Å². The van der Waals surface area contributed by atoms with Gasteiger partial charge < -0.3 is 5.73 Å². The van der Waals surface area contributed by atoms with Crippen LogP contribution in [0.3, 0.4) is 0 Å². The molecule has 1 saturated heterocycles. The smallest absolute Gasteiger partial charge is 0.126 e. The molecule has 1 aromatic carbocycles. The van der Waals surface area contributed by atoms with Gasteiger partial charge in [0.25, 0.3) is 0 Å². The van der Waals surface area contributed by atoms with E-state index >= 15 is 0 Å². The van der Waals surface area contributed by atoms with Crippen molar-refractivity contribution < 1.29 is 4.39 Å². The molecular formula is C15H23FN2. The number of halogens is 1. The summed E-state index contributed by atoms with van der Waals surface area (Å²) < 4.78 is 13.7. The minimum atomic E-state index is -0.133. The molecule has 1 aliphatic heterocycles. The van der Waals surface area contributed by atoms with Gasteiger partial charge in [0.1, 0.15) is 5.82 Å². The van der Waals surface area contributed by atoms with Gasteiger partial charge in [0.05, 0.1) is 0 Å². The summed E-state index contributed by atoms with van der Waals surface area (Å²) in [5, 5.41) is 0. The van der Waals surface area contributed by atoms with Crippen molar-refractivity contribution >= 4 is 0 Å². The minimum absolute atomic E-state index is 0.133. The molecule has 1 fully saturated rings. The maximum absolute atomic E-state index is 13.7. The zero-order valence-electron chi connectivity index (χ0n) is 11.5. The fraction of sp³-hybridized carbons (Fsp3) is 0.600. The standard InChI is InChI=1S/C15H23FN2/c1-10-4-5-13(6-14(10)16)15(7-17)18-8-11(2)12(3)9-18/h4-6,11-12,15H,7-9,17H2,1-3H3. The second-order valence-corrected chi connectivity index (χ2v) is 5.67. The topological polar surface area (TPSA) is 29.3 Å². The monoisotopic (exact) mass is 250 g/mol. The van der Waals surface area contributed by atoms with Gasteiger partial charge in [-0.25, -0.2) is 4.39 Å². The number of aryl methyl sites for hydroxylation is 1. The third kappa shape index (κ3) is 2.57. The molecule has 0 saturated carbocycles. The van der Waals surface area contributed by atoms with E-state index in [2.05, 4.69) is 18.7 Å². The van der Waals surface area contributed by atoms with Crippen molar-refractivity contribution in [1.29, 1.82) is 0 Å². The van der Waals surface area contributed by atoms with E-state index in [1.54, 1.807) is 13.0 Å². The number of hydrogen-bond acceptors (Lipinski definition) is 2. The Balaban J connectivity index is 2.20. The van der Waals surface area contributed by atoms with E-state index in [0.29, 0.717) is 23.9 Å². The van der Waals surface area contributed by atoms with Crippen LogP contribution in [-0.2, 0) is 0 Å². The molecule has 2 nitrogen and oxygen atoms in total. The van der Waals surface area contributed by atoms with Crippen molar-refractivity contribution in [2.24, 2.45) is 17.6 Å². The van der Waals surface area contributed by atoms with Crippen LogP contribution in [0, 0.1) is 24.6 Å². The Bertz CT molecular complexity index is 409. The molecular weight excluding hydrogens is 227 g/mol. The third-order valence-corrected chi connectivity index (χ3v) is 4.26. The molecule has 3 unspecified atom stereocenters. The Morgan fingerprint density at radius 3 is 2.44 bits per heavy atom. The summed E-state index contributed by atoms with van der Waals surface area (Å²) in [6, 6.07) is 5.63. The van der Waals surface area contributed by atoms with Crippen LogP contribution in [-0.4, -0.2) is 24.5 Å². The Labute approximate surface area is 109 Å². The first-order valence-corrected chi connectivity index (χ1v) is 6.73. The van der Waals surface area contributed by atoms with Crippen molar-refractivity contribution in [3.8, 4) is 0 Å². The van der Waals surface area contributed by atoms with Gasteiger partial charge >= 0.3 is 0 Å². The van der Waals surface area contributed by atoms with E-state index in [4.69, 9.17) is 5.73 Å². The number of likely N-dealkylation sites (tertiary alicyclic amines) is 1. The fourth-order valence-corrected chi connectivity index (χ4v) is 2.74. The van der Waals surface area contributed by atoms with Gasteiger partial charge in [-0.1, -0.05) is 26.0 Å². The van der Waals surface area contributed by atoms with Crippen LogP contribution in [0.4, 0.5) is 4.39 Å². The van der Waals surface area contributed by atoms with Crippen molar-refractivity contribution in [1.82, 2.24) is 4.90 Å². The van der Waals surface area contributed by atoms with Crippen LogP contribution >= 0.6 is 0 Å². The largest absolute Gasteiger partial charge is 0.329 e. The van der Waals surface area contributed by atoms with E-state index in [1.165, 1.54) is 0 Å². The lowest BCUT2D eigenvalue weighted by Crippen LogP contribution is -2.32. The normalized spacial score (nSPS) is 26.5. The molecule has 100 valence electrons. The lowest BCUT2D eigenvalue weighted by molar-refractivity contribution is 0.239. The Morgan fingerprint density at radius 2 is 1.94 bits per heavy atom. The maximum atomic E-state index is 13.7. The summed E-state index contributed by atoms with van der Waals surface area (Å²) in [6.45, 7) is 8.98. The van der Waals surface area contributed by atoms with E-state index in [0.717, 1.165) is 18.7 Å². The molecule has 3 atom stereocenters. The molecule has 0 aliphatic carbocycles. The lowest BCUT2D eigenvalue weighted by Gasteiger charge is -2.27. The summed E-state index contributed by atoms with van der Waals surface area (Å²) >= 11 is 0. The van der Waals surface area contributed by atoms with Crippen molar-refractivity contribution in [3.63, 3.8) is 0 Å². The van der Waals surface area contributed by atoms with Crippen LogP contribution in [0.1, 0.15) is 31.0 Å². The minimum Gasteiger partial charge on any atom is -0.329 e. The van der Waals surface area contributed by atoms with Crippen molar-refractivity contribution in [2.75, 3.05) is 19.6 Å². The Kier molecular flexibility index (Phi) is 4.03. The SMILES string of the molecule is Cc1ccc(C(CN)N2CC(C)C(C)C2)cc1F. The maximum Gasteiger partial charge on any atom is 0.126 e. The summed E-state index contributed by atoms with van der Waals surface area (Å²) in [6.07, 6.45) is 0.